The number of methoxy groups -OCH3 is 1. The van der Waals surface area contributed by atoms with Gasteiger partial charge in [0.15, 0.2) is 6.79 Å². The van der Waals surface area contributed by atoms with Crippen molar-refractivity contribution in [3.05, 3.63) is 65.2 Å². The number of anilines is 1. The molecule has 2 aromatic rings. The summed E-state index contributed by atoms with van der Waals surface area (Å²) in [4.78, 5) is 11.8. The van der Waals surface area contributed by atoms with E-state index in [1.54, 1.807) is 37.5 Å². The van der Waals surface area contributed by atoms with Gasteiger partial charge in [0.25, 0.3) is 0 Å². The molecule has 2 aromatic carbocycles. The first-order valence-electron chi connectivity index (χ1n) is 6.64. The van der Waals surface area contributed by atoms with E-state index in [0.717, 1.165) is 5.56 Å². The van der Waals surface area contributed by atoms with E-state index in [0.29, 0.717) is 16.5 Å². The highest BCUT2D eigenvalue weighted by molar-refractivity contribution is 6.30. The zero-order chi connectivity index (χ0) is 15.8. The van der Waals surface area contributed by atoms with E-state index in [2.05, 4.69) is 5.32 Å². The first-order chi connectivity index (χ1) is 10.7. The van der Waals surface area contributed by atoms with Crippen molar-refractivity contribution < 1.29 is 14.3 Å². The maximum absolute atomic E-state index is 11.8. The normalized spacial score (nSPS) is 10.6. The molecule has 4 nitrogen and oxygen atoms in total. The summed E-state index contributed by atoms with van der Waals surface area (Å²) in [6, 6.07) is 14.3. The van der Waals surface area contributed by atoms with Crippen LogP contribution in [0.1, 0.15) is 5.56 Å². The van der Waals surface area contributed by atoms with Crippen molar-refractivity contribution >= 4 is 29.3 Å². The smallest absolute Gasteiger partial charge is 0.248 e. The number of amides is 1. The number of halogens is 1. The second kappa shape index (κ2) is 8.22. The Balaban J connectivity index is 1.90. The summed E-state index contributed by atoms with van der Waals surface area (Å²) in [6.07, 6.45) is 3.20. The maximum atomic E-state index is 11.8. The quantitative estimate of drug-likeness (QED) is 0.647. The summed E-state index contributed by atoms with van der Waals surface area (Å²) in [5.74, 6) is 0.506. The molecule has 0 bridgehead atoms. The average molecular weight is 318 g/mol. The number of benzene rings is 2. The molecule has 0 fully saturated rings. The monoisotopic (exact) mass is 317 g/mol. The molecule has 0 aliphatic heterocycles. The Morgan fingerprint density at radius 3 is 2.45 bits per heavy atom. The summed E-state index contributed by atoms with van der Waals surface area (Å²) in [5.41, 5.74) is 1.60. The van der Waals surface area contributed by atoms with Crippen molar-refractivity contribution in [2.45, 2.75) is 0 Å². The van der Waals surface area contributed by atoms with Crippen LogP contribution in [0, 0.1) is 0 Å². The van der Waals surface area contributed by atoms with Gasteiger partial charge in [-0.25, -0.2) is 0 Å². The van der Waals surface area contributed by atoms with Crippen LogP contribution >= 0.6 is 11.6 Å². The Labute approximate surface area is 134 Å². The fourth-order valence-electron chi connectivity index (χ4n) is 1.69. The van der Waals surface area contributed by atoms with Gasteiger partial charge in [-0.1, -0.05) is 23.7 Å². The Morgan fingerprint density at radius 1 is 1.14 bits per heavy atom. The van der Waals surface area contributed by atoms with Gasteiger partial charge in [0.1, 0.15) is 5.75 Å². The molecule has 0 radical (unpaired) electrons. The van der Waals surface area contributed by atoms with E-state index < -0.39 is 0 Å². The van der Waals surface area contributed by atoms with Gasteiger partial charge in [-0.15, -0.1) is 0 Å². The van der Waals surface area contributed by atoms with Crippen LogP contribution < -0.4 is 10.1 Å². The van der Waals surface area contributed by atoms with Crippen LogP contribution in [0.15, 0.2) is 54.6 Å². The second-order valence-corrected chi connectivity index (χ2v) is 4.89. The van der Waals surface area contributed by atoms with Crippen LogP contribution in [0.5, 0.6) is 5.75 Å². The van der Waals surface area contributed by atoms with Crippen LogP contribution in [0.2, 0.25) is 5.02 Å². The van der Waals surface area contributed by atoms with Crippen molar-refractivity contribution in [3.8, 4) is 5.75 Å². The van der Waals surface area contributed by atoms with Crippen LogP contribution in [-0.2, 0) is 9.53 Å². The zero-order valence-electron chi connectivity index (χ0n) is 12.1. The second-order valence-electron chi connectivity index (χ2n) is 4.45. The molecule has 0 aromatic heterocycles. The van der Waals surface area contributed by atoms with Crippen molar-refractivity contribution in [2.24, 2.45) is 0 Å². The molecule has 0 saturated carbocycles. The fraction of sp³-hybridized carbons (Fsp3) is 0.118. The Hall–Kier alpha value is -2.30. The lowest BCUT2D eigenvalue weighted by Gasteiger charge is -2.04. The Morgan fingerprint density at radius 2 is 1.82 bits per heavy atom. The third-order valence-electron chi connectivity index (χ3n) is 2.76. The van der Waals surface area contributed by atoms with Gasteiger partial charge >= 0.3 is 0 Å². The van der Waals surface area contributed by atoms with Gasteiger partial charge in [0, 0.05) is 23.9 Å². The van der Waals surface area contributed by atoms with Gasteiger partial charge < -0.3 is 14.8 Å². The third kappa shape index (κ3) is 5.24. The molecule has 5 heteroatoms. The summed E-state index contributed by atoms with van der Waals surface area (Å²) in [7, 11) is 1.57. The predicted molar refractivity (Wildman–Crippen MR) is 88.1 cm³/mol. The lowest BCUT2D eigenvalue weighted by Crippen LogP contribution is -2.07. The molecular formula is C17H16ClNO3. The average Bonchev–Trinajstić information content (AvgIpc) is 2.54. The third-order valence-corrected chi connectivity index (χ3v) is 3.01. The number of hydrogen-bond acceptors (Lipinski definition) is 3. The maximum Gasteiger partial charge on any atom is 0.248 e. The highest BCUT2D eigenvalue weighted by atomic mass is 35.5. The Bertz CT molecular complexity index is 636. The molecule has 1 N–H and O–H groups in total. The van der Waals surface area contributed by atoms with Crippen molar-refractivity contribution in [3.63, 3.8) is 0 Å². The molecular weight excluding hydrogens is 302 g/mol. The van der Waals surface area contributed by atoms with Crippen LogP contribution in [0.3, 0.4) is 0 Å². The molecule has 0 unspecified atom stereocenters. The number of carbonyl (C=O) groups excluding carboxylic acids is 1. The molecule has 22 heavy (non-hydrogen) atoms. The molecule has 1 amide bonds. The minimum atomic E-state index is -0.206. The number of hydrogen-bond donors (Lipinski definition) is 1. The molecule has 0 aliphatic carbocycles. The molecule has 0 atom stereocenters. The molecule has 0 heterocycles. The number of ether oxygens (including phenoxy) is 2. The minimum Gasteiger partial charge on any atom is -0.468 e. The van der Waals surface area contributed by atoms with Crippen molar-refractivity contribution in [1.29, 1.82) is 0 Å². The zero-order valence-corrected chi connectivity index (χ0v) is 12.8. The van der Waals surface area contributed by atoms with Gasteiger partial charge in [0.2, 0.25) is 5.91 Å². The van der Waals surface area contributed by atoms with E-state index in [4.69, 9.17) is 21.1 Å². The summed E-state index contributed by atoms with van der Waals surface area (Å²) < 4.78 is 10.1. The highest BCUT2D eigenvalue weighted by Gasteiger charge is 1.98. The van der Waals surface area contributed by atoms with E-state index in [-0.39, 0.29) is 12.7 Å². The molecule has 0 aliphatic rings. The van der Waals surface area contributed by atoms with E-state index in [9.17, 15) is 4.79 Å². The number of nitrogens with one attached hydrogen (secondary N) is 1. The highest BCUT2D eigenvalue weighted by Crippen LogP contribution is 2.15. The predicted octanol–water partition coefficient (Wildman–Crippen LogP) is 3.97. The molecule has 0 spiro atoms. The first-order valence-corrected chi connectivity index (χ1v) is 7.01. The SMILES string of the molecule is COCOc1ccc(/C=C/C(=O)Nc2ccc(Cl)cc2)cc1. The molecule has 2 rings (SSSR count). The topological polar surface area (TPSA) is 47.6 Å². The van der Waals surface area contributed by atoms with Crippen LogP contribution in [0.25, 0.3) is 6.08 Å². The Kier molecular flexibility index (Phi) is 6.01. The lowest BCUT2D eigenvalue weighted by molar-refractivity contribution is -0.111. The first kappa shape index (κ1) is 16.1. The minimum absolute atomic E-state index is 0.206. The van der Waals surface area contributed by atoms with Crippen molar-refractivity contribution in [1.82, 2.24) is 0 Å². The van der Waals surface area contributed by atoms with Gasteiger partial charge in [-0.3, -0.25) is 4.79 Å². The largest absolute Gasteiger partial charge is 0.468 e. The standard InChI is InChI=1S/C17H16ClNO3/c1-21-12-22-16-9-2-13(3-10-16)4-11-17(20)19-15-7-5-14(18)6-8-15/h2-11H,12H2,1H3,(H,19,20)/b11-4+. The molecule has 114 valence electrons. The van der Waals surface area contributed by atoms with Crippen LogP contribution in [-0.4, -0.2) is 19.8 Å². The summed E-state index contributed by atoms with van der Waals surface area (Å²) in [5, 5.41) is 3.38. The van der Waals surface area contributed by atoms with Gasteiger partial charge in [-0.2, -0.15) is 0 Å². The van der Waals surface area contributed by atoms with Crippen LogP contribution in [0.4, 0.5) is 5.69 Å². The van der Waals surface area contributed by atoms with Gasteiger partial charge in [0.05, 0.1) is 0 Å². The number of carbonyl (C=O) groups is 1. The van der Waals surface area contributed by atoms with E-state index in [1.807, 2.05) is 24.3 Å². The number of rotatable bonds is 6. The summed E-state index contributed by atoms with van der Waals surface area (Å²) >= 11 is 5.79. The lowest BCUT2D eigenvalue weighted by atomic mass is 10.2. The fourth-order valence-corrected chi connectivity index (χ4v) is 1.82. The summed E-state index contributed by atoms with van der Waals surface area (Å²) in [6.45, 7) is 0.207. The van der Waals surface area contributed by atoms with E-state index in [1.165, 1.54) is 6.08 Å². The van der Waals surface area contributed by atoms with E-state index >= 15 is 0 Å². The molecule has 0 saturated heterocycles. The van der Waals surface area contributed by atoms with Crippen molar-refractivity contribution in [2.75, 3.05) is 19.2 Å². The van der Waals surface area contributed by atoms with Gasteiger partial charge in [-0.05, 0) is 48.0 Å².